The quantitative estimate of drug-likeness (QED) is 0.794. The molecule has 1 atom stereocenters. The molecule has 0 aromatic heterocycles. The summed E-state index contributed by atoms with van der Waals surface area (Å²) < 4.78 is 0. The predicted octanol–water partition coefficient (Wildman–Crippen LogP) is 2.50. The highest BCUT2D eigenvalue weighted by Crippen LogP contribution is 2.39. The molecule has 138 valence electrons. The Hall–Kier alpha value is -1.39. The highest BCUT2D eigenvalue weighted by Gasteiger charge is 2.42. The van der Waals surface area contributed by atoms with Crippen molar-refractivity contribution in [1.82, 2.24) is 14.7 Å². The van der Waals surface area contributed by atoms with E-state index in [1.807, 2.05) is 7.05 Å². The molecule has 3 rings (SSSR count). The van der Waals surface area contributed by atoms with Crippen molar-refractivity contribution in [2.75, 3.05) is 52.9 Å². The topological polar surface area (TPSA) is 26.8 Å². The zero-order valence-electron chi connectivity index (χ0n) is 15.9. The van der Waals surface area contributed by atoms with Crippen molar-refractivity contribution in [2.45, 2.75) is 32.6 Å². The molecule has 2 aliphatic heterocycles. The normalized spacial score (nSPS) is 24.4. The van der Waals surface area contributed by atoms with Crippen molar-refractivity contribution in [2.24, 2.45) is 5.41 Å². The number of carbonyl (C=O) groups is 1. The number of nitrogens with zero attached hydrogens (tertiary/aromatic N) is 3. The van der Waals surface area contributed by atoms with Gasteiger partial charge in [-0.2, -0.15) is 0 Å². The lowest BCUT2D eigenvalue weighted by molar-refractivity contribution is -0.131. The molecular formula is C21H33N3O. The Morgan fingerprint density at radius 2 is 1.96 bits per heavy atom. The standard InChI is InChI=1S/C21H33N3O/c1-3-22(2)16-20(25)24-15-12-21(18-24)11-7-13-23(17-21)14-10-19-8-5-4-6-9-19/h4-6,8-9H,3,7,10-18H2,1-2H3/t21-/m1/s1. The number of benzene rings is 1. The van der Waals surface area contributed by atoms with Gasteiger partial charge in [0.2, 0.25) is 5.91 Å². The number of likely N-dealkylation sites (tertiary alicyclic amines) is 2. The third kappa shape index (κ3) is 4.83. The second-order valence-electron chi connectivity index (χ2n) is 8.01. The van der Waals surface area contributed by atoms with E-state index in [1.54, 1.807) is 0 Å². The van der Waals surface area contributed by atoms with Crippen LogP contribution in [0, 0.1) is 5.41 Å². The lowest BCUT2D eigenvalue weighted by atomic mass is 9.79. The lowest BCUT2D eigenvalue weighted by Crippen LogP contribution is -2.46. The number of rotatable bonds is 6. The van der Waals surface area contributed by atoms with Gasteiger partial charge in [-0.15, -0.1) is 0 Å². The SMILES string of the molecule is CCN(C)CC(=O)N1CC[C@@]2(CCCN(CCc3ccccc3)C2)C1. The van der Waals surface area contributed by atoms with Gasteiger partial charge in [0.15, 0.2) is 0 Å². The summed E-state index contributed by atoms with van der Waals surface area (Å²) >= 11 is 0. The summed E-state index contributed by atoms with van der Waals surface area (Å²) in [5.74, 6) is 0.308. The van der Waals surface area contributed by atoms with E-state index in [0.717, 1.165) is 39.1 Å². The van der Waals surface area contributed by atoms with Gasteiger partial charge in [0.1, 0.15) is 0 Å². The fraction of sp³-hybridized carbons (Fsp3) is 0.667. The summed E-state index contributed by atoms with van der Waals surface area (Å²) in [6, 6.07) is 10.8. The van der Waals surface area contributed by atoms with E-state index in [0.29, 0.717) is 17.9 Å². The van der Waals surface area contributed by atoms with Gasteiger partial charge in [0.25, 0.3) is 0 Å². The molecule has 0 saturated carbocycles. The van der Waals surface area contributed by atoms with E-state index < -0.39 is 0 Å². The first-order chi connectivity index (χ1) is 12.1. The Balaban J connectivity index is 1.51. The molecular weight excluding hydrogens is 310 g/mol. The summed E-state index contributed by atoms with van der Waals surface area (Å²) in [7, 11) is 2.02. The van der Waals surface area contributed by atoms with Crippen molar-refractivity contribution in [3.05, 3.63) is 35.9 Å². The summed E-state index contributed by atoms with van der Waals surface area (Å²) in [5.41, 5.74) is 1.77. The average molecular weight is 344 g/mol. The van der Waals surface area contributed by atoms with Crippen LogP contribution in [0.5, 0.6) is 0 Å². The summed E-state index contributed by atoms with van der Waals surface area (Å²) in [6.07, 6.45) is 4.85. The van der Waals surface area contributed by atoms with E-state index in [2.05, 4.69) is 52.0 Å². The molecule has 0 aliphatic carbocycles. The third-order valence-electron chi connectivity index (χ3n) is 6.04. The fourth-order valence-electron chi connectivity index (χ4n) is 4.36. The van der Waals surface area contributed by atoms with E-state index in [1.165, 1.54) is 31.4 Å². The molecule has 0 bridgehead atoms. The van der Waals surface area contributed by atoms with Crippen LogP contribution in [0.1, 0.15) is 31.7 Å². The largest absolute Gasteiger partial charge is 0.341 e. The second kappa shape index (κ2) is 8.33. The molecule has 0 radical (unpaired) electrons. The molecule has 1 aromatic rings. The van der Waals surface area contributed by atoms with Gasteiger partial charge in [-0.3, -0.25) is 9.69 Å². The Kier molecular flexibility index (Phi) is 6.13. The van der Waals surface area contributed by atoms with Gasteiger partial charge in [-0.25, -0.2) is 0 Å². The van der Waals surface area contributed by atoms with Gasteiger partial charge >= 0.3 is 0 Å². The highest BCUT2D eigenvalue weighted by atomic mass is 16.2. The van der Waals surface area contributed by atoms with E-state index in [9.17, 15) is 4.79 Å². The van der Waals surface area contributed by atoms with Crippen molar-refractivity contribution in [3.63, 3.8) is 0 Å². The minimum Gasteiger partial charge on any atom is -0.341 e. The fourth-order valence-corrected chi connectivity index (χ4v) is 4.36. The van der Waals surface area contributed by atoms with Crippen LogP contribution in [0.3, 0.4) is 0 Å². The van der Waals surface area contributed by atoms with E-state index >= 15 is 0 Å². The van der Waals surface area contributed by atoms with Crippen molar-refractivity contribution < 1.29 is 4.79 Å². The van der Waals surface area contributed by atoms with Gasteiger partial charge < -0.3 is 9.80 Å². The van der Waals surface area contributed by atoms with Gasteiger partial charge in [-0.05, 0) is 51.4 Å². The van der Waals surface area contributed by atoms with Crippen LogP contribution in [-0.4, -0.2) is 73.5 Å². The average Bonchev–Trinajstić information content (AvgIpc) is 3.04. The molecule has 0 unspecified atom stereocenters. The third-order valence-corrected chi connectivity index (χ3v) is 6.04. The van der Waals surface area contributed by atoms with Crippen molar-refractivity contribution in [3.8, 4) is 0 Å². The number of amides is 1. The van der Waals surface area contributed by atoms with Gasteiger partial charge in [0, 0.05) is 31.6 Å². The minimum atomic E-state index is 0.308. The zero-order chi connectivity index (χ0) is 17.7. The molecule has 1 aromatic carbocycles. The van der Waals surface area contributed by atoms with Crippen LogP contribution in [0.2, 0.25) is 0 Å². The van der Waals surface area contributed by atoms with Crippen LogP contribution in [0.15, 0.2) is 30.3 Å². The molecule has 0 N–H and O–H groups in total. The van der Waals surface area contributed by atoms with Crippen LogP contribution in [0.4, 0.5) is 0 Å². The smallest absolute Gasteiger partial charge is 0.236 e. The summed E-state index contributed by atoms with van der Waals surface area (Å²) in [5, 5.41) is 0. The first-order valence-electron chi connectivity index (χ1n) is 9.83. The molecule has 2 heterocycles. The van der Waals surface area contributed by atoms with Gasteiger partial charge in [0.05, 0.1) is 6.54 Å². The van der Waals surface area contributed by atoms with Crippen LogP contribution >= 0.6 is 0 Å². The molecule has 1 spiro atoms. The van der Waals surface area contributed by atoms with Crippen molar-refractivity contribution >= 4 is 5.91 Å². The molecule has 2 saturated heterocycles. The van der Waals surface area contributed by atoms with Gasteiger partial charge in [-0.1, -0.05) is 37.3 Å². The Morgan fingerprint density at radius 1 is 1.16 bits per heavy atom. The molecule has 1 amide bonds. The summed E-state index contributed by atoms with van der Waals surface area (Å²) in [4.78, 5) is 19.3. The van der Waals surface area contributed by atoms with E-state index in [4.69, 9.17) is 0 Å². The maximum atomic E-state index is 12.5. The maximum absolute atomic E-state index is 12.5. The Bertz CT molecular complexity index is 562. The number of hydrogen-bond donors (Lipinski definition) is 0. The van der Waals surface area contributed by atoms with E-state index in [-0.39, 0.29) is 0 Å². The van der Waals surface area contributed by atoms with Crippen molar-refractivity contribution in [1.29, 1.82) is 0 Å². The lowest BCUT2D eigenvalue weighted by Gasteiger charge is -2.40. The number of carbonyl (C=O) groups excluding carboxylic acids is 1. The highest BCUT2D eigenvalue weighted by molar-refractivity contribution is 5.78. The maximum Gasteiger partial charge on any atom is 0.236 e. The first-order valence-corrected chi connectivity index (χ1v) is 9.83. The first kappa shape index (κ1) is 18.4. The zero-order valence-corrected chi connectivity index (χ0v) is 15.9. The minimum absolute atomic E-state index is 0.308. The van der Waals surface area contributed by atoms with Crippen LogP contribution in [-0.2, 0) is 11.2 Å². The van der Waals surface area contributed by atoms with Crippen LogP contribution in [0.25, 0.3) is 0 Å². The van der Waals surface area contributed by atoms with Crippen LogP contribution < -0.4 is 0 Å². The Labute approximate surface area is 152 Å². The summed E-state index contributed by atoms with van der Waals surface area (Å²) in [6.45, 7) is 9.01. The predicted molar refractivity (Wildman–Crippen MR) is 103 cm³/mol. The molecule has 4 heteroatoms. The second-order valence-corrected chi connectivity index (χ2v) is 8.01. The molecule has 4 nitrogen and oxygen atoms in total. The monoisotopic (exact) mass is 343 g/mol. The molecule has 2 fully saturated rings. The molecule has 25 heavy (non-hydrogen) atoms. The number of hydrogen-bond acceptors (Lipinski definition) is 3. The molecule has 2 aliphatic rings. The number of likely N-dealkylation sites (N-methyl/N-ethyl adjacent to an activating group) is 1. The Morgan fingerprint density at radius 3 is 2.72 bits per heavy atom. The number of piperidine rings is 1.